The number of rotatable bonds is 9. The predicted octanol–water partition coefficient (Wildman–Crippen LogP) is 3.85. The number of nitrogens with one attached hydrogen (secondary N) is 1. The number of azo groups is 1. The summed E-state index contributed by atoms with van der Waals surface area (Å²) in [6, 6.07) is 4.31. The molecule has 1 aliphatic heterocycles. The van der Waals surface area contributed by atoms with Crippen LogP contribution < -0.4 is 9.62 Å². The Morgan fingerprint density at radius 2 is 2.16 bits per heavy atom. The van der Waals surface area contributed by atoms with Crippen molar-refractivity contribution in [2.75, 3.05) is 29.9 Å². The van der Waals surface area contributed by atoms with Gasteiger partial charge in [0, 0.05) is 24.9 Å². The zero-order chi connectivity index (χ0) is 23.3. The summed E-state index contributed by atoms with van der Waals surface area (Å²) in [7, 11) is 1.51. The SMILES string of the molecule is COCCOC(=O)c1nnc(N=Nc2cc3c(cc2NS(=O)O)N(C(C)C)C(C)CC3)s1. The molecule has 0 amide bonds. The van der Waals surface area contributed by atoms with Crippen LogP contribution in [0.25, 0.3) is 0 Å². The summed E-state index contributed by atoms with van der Waals surface area (Å²) in [6.45, 7) is 6.79. The van der Waals surface area contributed by atoms with Crippen LogP contribution in [-0.2, 0) is 27.2 Å². The third-order valence-electron chi connectivity index (χ3n) is 4.89. The van der Waals surface area contributed by atoms with Crippen molar-refractivity contribution < 1.29 is 23.0 Å². The molecule has 32 heavy (non-hydrogen) atoms. The molecule has 0 fully saturated rings. The Kier molecular flexibility index (Phi) is 8.23. The summed E-state index contributed by atoms with van der Waals surface area (Å²) in [5, 5.41) is 16.1. The monoisotopic (exact) mass is 482 g/mol. The highest BCUT2D eigenvalue weighted by Gasteiger charge is 2.27. The highest BCUT2D eigenvalue weighted by Crippen LogP contribution is 2.40. The third kappa shape index (κ3) is 5.85. The second kappa shape index (κ2) is 10.9. The molecule has 1 aromatic heterocycles. The van der Waals surface area contributed by atoms with E-state index in [1.54, 1.807) is 0 Å². The van der Waals surface area contributed by atoms with Gasteiger partial charge in [0.1, 0.15) is 12.3 Å². The fourth-order valence-corrected chi connectivity index (χ4v) is 4.47. The Morgan fingerprint density at radius 1 is 1.38 bits per heavy atom. The van der Waals surface area contributed by atoms with Gasteiger partial charge in [-0.3, -0.25) is 9.27 Å². The molecule has 2 heterocycles. The number of aryl methyl sites for hydroxylation is 1. The van der Waals surface area contributed by atoms with Gasteiger partial charge in [-0.2, -0.15) is 0 Å². The summed E-state index contributed by atoms with van der Waals surface area (Å²) in [4.78, 5) is 14.2. The minimum atomic E-state index is -2.28. The molecule has 3 rings (SSSR count). The van der Waals surface area contributed by atoms with Crippen molar-refractivity contribution in [2.45, 2.75) is 45.7 Å². The molecule has 0 saturated carbocycles. The van der Waals surface area contributed by atoms with Crippen LogP contribution in [0.4, 0.5) is 22.2 Å². The largest absolute Gasteiger partial charge is 0.458 e. The van der Waals surface area contributed by atoms with E-state index in [9.17, 15) is 13.6 Å². The Labute approximate surface area is 192 Å². The first kappa shape index (κ1) is 24.2. The molecular weight excluding hydrogens is 456 g/mol. The van der Waals surface area contributed by atoms with Gasteiger partial charge in [0.05, 0.1) is 12.3 Å². The summed E-state index contributed by atoms with van der Waals surface area (Å²) in [5.74, 6) is -0.615. The zero-order valence-corrected chi connectivity index (χ0v) is 19.9. The molecule has 2 unspecified atom stereocenters. The van der Waals surface area contributed by atoms with E-state index in [-0.39, 0.29) is 29.4 Å². The maximum Gasteiger partial charge on any atom is 0.369 e. The van der Waals surface area contributed by atoms with Gasteiger partial charge in [0.2, 0.25) is 5.01 Å². The van der Waals surface area contributed by atoms with Crippen LogP contribution in [0.15, 0.2) is 22.4 Å². The normalized spacial score (nSPS) is 16.9. The standard InChI is InChI=1S/C19H26N6O5S2/c1-11(2)25-12(3)5-6-13-9-14(15(10-16(13)25)24-32(27)28)20-22-19-23-21-17(31-19)18(26)30-8-7-29-4/h9-12,24H,5-8H2,1-4H3,(H,27,28). The number of benzene rings is 1. The van der Waals surface area contributed by atoms with E-state index in [0.29, 0.717) is 17.4 Å². The highest BCUT2D eigenvalue weighted by atomic mass is 32.2. The van der Waals surface area contributed by atoms with Crippen LogP contribution in [0.5, 0.6) is 0 Å². The summed E-state index contributed by atoms with van der Waals surface area (Å²) in [5.41, 5.74) is 2.85. The molecule has 2 N–H and O–H groups in total. The van der Waals surface area contributed by atoms with Gasteiger partial charge in [-0.15, -0.1) is 20.4 Å². The zero-order valence-electron chi connectivity index (χ0n) is 18.3. The minimum Gasteiger partial charge on any atom is -0.458 e. The van der Waals surface area contributed by atoms with Crippen LogP contribution >= 0.6 is 11.3 Å². The maximum atomic E-state index is 11.9. The number of nitrogens with zero attached hydrogens (tertiary/aromatic N) is 5. The lowest BCUT2D eigenvalue weighted by atomic mass is 9.94. The number of hydrogen-bond donors (Lipinski definition) is 2. The highest BCUT2D eigenvalue weighted by molar-refractivity contribution is 7.80. The van der Waals surface area contributed by atoms with Gasteiger partial charge in [0.25, 0.3) is 16.4 Å². The molecule has 1 aliphatic rings. The lowest BCUT2D eigenvalue weighted by molar-refractivity contribution is 0.0387. The van der Waals surface area contributed by atoms with E-state index >= 15 is 0 Å². The van der Waals surface area contributed by atoms with Crippen LogP contribution in [0.2, 0.25) is 0 Å². The van der Waals surface area contributed by atoms with Crippen molar-refractivity contribution in [2.24, 2.45) is 10.2 Å². The van der Waals surface area contributed by atoms with E-state index in [1.165, 1.54) is 7.11 Å². The van der Waals surface area contributed by atoms with Gasteiger partial charge >= 0.3 is 5.97 Å². The molecule has 0 radical (unpaired) electrons. The van der Waals surface area contributed by atoms with E-state index in [4.69, 9.17) is 9.47 Å². The van der Waals surface area contributed by atoms with Gasteiger partial charge in [0.15, 0.2) is 0 Å². The van der Waals surface area contributed by atoms with Crippen molar-refractivity contribution in [3.63, 3.8) is 0 Å². The number of carbonyl (C=O) groups excluding carboxylic acids is 1. The second-order valence-corrected chi connectivity index (χ2v) is 9.11. The Morgan fingerprint density at radius 3 is 2.84 bits per heavy atom. The van der Waals surface area contributed by atoms with Gasteiger partial charge in [-0.25, -0.2) is 9.00 Å². The van der Waals surface area contributed by atoms with Gasteiger partial charge in [-0.05, 0) is 51.3 Å². The molecule has 0 saturated heterocycles. The summed E-state index contributed by atoms with van der Waals surface area (Å²) >= 11 is -1.34. The fourth-order valence-electron chi connectivity index (χ4n) is 3.56. The summed E-state index contributed by atoms with van der Waals surface area (Å²) < 4.78 is 33.2. The van der Waals surface area contributed by atoms with Crippen molar-refractivity contribution >= 4 is 50.8 Å². The Hall–Kier alpha value is -2.48. The first-order chi connectivity index (χ1) is 15.3. The summed E-state index contributed by atoms with van der Waals surface area (Å²) in [6.07, 6.45) is 1.85. The van der Waals surface area contributed by atoms with Crippen LogP contribution in [0, 0.1) is 0 Å². The van der Waals surface area contributed by atoms with Crippen molar-refractivity contribution in [1.29, 1.82) is 0 Å². The van der Waals surface area contributed by atoms with Gasteiger partial charge in [-0.1, -0.05) is 11.3 Å². The number of esters is 1. The fraction of sp³-hybridized carbons (Fsp3) is 0.526. The van der Waals surface area contributed by atoms with E-state index in [0.717, 1.165) is 35.4 Å². The van der Waals surface area contributed by atoms with Crippen LogP contribution in [0.3, 0.4) is 0 Å². The number of ether oxygens (including phenoxy) is 2. The second-order valence-electron chi connectivity index (χ2n) is 7.46. The topological polar surface area (TPSA) is 139 Å². The van der Waals surface area contributed by atoms with E-state index < -0.39 is 17.2 Å². The van der Waals surface area contributed by atoms with E-state index in [1.807, 2.05) is 12.1 Å². The average molecular weight is 483 g/mol. The average Bonchev–Trinajstić information content (AvgIpc) is 3.21. The predicted molar refractivity (Wildman–Crippen MR) is 122 cm³/mol. The molecule has 0 aliphatic carbocycles. The molecular formula is C19H26N6O5S2. The number of hydrogen-bond acceptors (Lipinski definition) is 10. The van der Waals surface area contributed by atoms with Crippen molar-refractivity contribution in [3.05, 3.63) is 22.7 Å². The lowest BCUT2D eigenvalue weighted by Crippen LogP contribution is -2.42. The number of aromatic nitrogens is 2. The number of methoxy groups -OCH3 is 1. The lowest BCUT2D eigenvalue weighted by Gasteiger charge is -2.40. The number of anilines is 2. The molecule has 11 nitrogen and oxygen atoms in total. The smallest absolute Gasteiger partial charge is 0.369 e. The van der Waals surface area contributed by atoms with Crippen molar-refractivity contribution in [3.8, 4) is 0 Å². The number of carbonyl (C=O) groups is 1. The number of fused-ring (bicyclic) bond motifs is 1. The third-order valence-corrected chi connectivity index (χ3v) is 6.07. The first-order valence-corrected chi connectivity index (χ1v) is 12.0. The Bertz CT molecular complexity index is 1010. The van der Waals surface area contributed by atoms with Crippen LogP contribution in [-0.4, -0.2) is 57.3 Å². The minimum absolute atomic E-state index is 0.0527. The van der Waals surface area contributed by atoms with Crippen LogP contribution in [0.1, 0.15) is 42.6 Å². The molecule has 13 heteroatoms. The maximum absolute atomic E-state index is 11.9. The molecule has 2 aromatic rings. The molecule has 174 valence electrons. The van der Waals surface area contributed by atoms with Gasteiger partial charge < -0.3 is 14.4 Å². The van der Waals surface area contributed by atoms with Crippen molar-refractivity contribution in [1.82, 2.24) is 10.2 Å². The molecule has 2 atom stereocenters. The quantitative estimate of drug-likeness (QED) is 0.238. The molecule has 0 spiro atoms. The van der Waals surface area contributed by atoms with E-state index in [2.05, 4.69) is 50.8 Å². The molecule has 1 aromatic carbocycles. The molecule has 0 bridgehead atoms. The first-order valence-electron chi connectivity index (χ1n) is 10.0. The Balaban J connectivity index is 1.87.